The highest BCUT2D eigenvalue weighted by molar-refractivity contribution is 5.74. The topological polar surface area (TPSA) is 52.0 Å². The highest BCUT2D eigenvalue weighted by atomic mass is 14.5. The van der Waals surface area contributed by atoms with Crippen LogP contribution in [0.3, 0.4) is 0 Å². The van der Waals surface area contributed by atoms with Gasteiger partial charge in [-0.05, 0) is 59.9 Å². The van der Waals surface area contributed by atoms with Gasteiger partial charge in [-0.15, -0.1) is 0 Å². The first-order valence-corrected chi connectivity index (χ1v) is 5.86. The van der Waals surface area contributed by atoms with E-state index < -0.39 is 0 Å². The quantitative estimate of drug-likeness (QED) is 0.771. The molecule has 0 spiro atoms. The molecule has 0 aliphatic rings. The van der Waals surface area contributed by atoms with Crippen molar-refractivity contribution in [2.75, 3.05) is 11.5 Å². The van der Waals surface area contributed by atoms with Gasteiger partial charge in [-0.2, -0.15) is 0 Å². The minimum absolute atomic E-state index is 0.805. The van der Waals surface area contributed by atoms with E-state index >= 15 is 0 Å². The number of hydrogen-bond donors (Lipinski definition) is 2. The van der Waals surface area contributed by atoms with Crippen molar-refractivity contribution in [1.82, 2.24) is 0 Å². The molecule has 2 heteroatoms. The SMILES string of the molecule is CCc1cc(N)ccc1-c1ccc(N)cc1C. The third kappa shape index (κ3) is 2.26. The number of nitrogens with two attached hydrogens (primary N) is 2. The van der Waals surface area contributed by atoms with Crippen LogP contribution in [-0.4, -0.2) is 0 Å². The third-order valence-electron chi connectivity index (χ3n) is 3.05. The van der Waals surface area contributed by atoms with Crippen LogP contribution in [0.5, 0.6) is 0 Å². The fraction of sp³-hybridized carbons (Fsp3) is 0.200. The second kappa shape index (κ2) is 4.50. The second-order valence-corrected chi connectivity index (χ2v) is 4.34. The molecular weight excluding hydrogens is 208 g/mol. The van der Waals surface area contributed by atoms with E-state index in [-0.39, 0.29) is 0 Å². The van der Waals surface area contributed by atoms with E-state index in [1.165, 1.54) is 22.3 Å². The zero-order valence-corrected chi connectivity index (χ0v) is 10.3. The van der Waals surface area contributed by atoms with E-state index in [2.05, 4.69) is 26.0 Å². The summed E-state index contributed by atoms with van der Waals surface area (Å²) in [6.07, 6.45) is 0.976. The first-order valence-electron chi connectivity index (χ1n) is 5.86. The standard InChI is InChI=1S/C15H18N2/c1-3-11-9-13(17)5-7-15(11)14-6-4-12(16)8-10(14)2/h4-9H,3,16-17H2,1-2H3. The Morgan fingerprint density at radius 1 is 0.882 bits per heavy atom. The van der Waals surface area contributed by atoms with Gasteiger partial charge in [0.1, 0.15) is 0 Å². The largest absolute Gasteiger partial charge is 0.399 e. The van der Waals surface area contributed by atoms with Crippen LogP contribution in [0.1, 0.15) is 18.1 Å². The second-order valence-electron chi connectivity index (χ2n) is 4.34. The molecule has 0 bridgehead atoms. The van der Waals surface area contributed by atoms with E-state index in [4.69, 9.17) is 11.5 Å². The Balaban J connectivity index is 2.60. The molecule has 2 rings (SSSR count). The van der Waals surface area contributed by atoms with Crippen molar-refractivity contribution >= 4 is 11.4 Å². The summed E-state index contributed by atoms with van der Waals surface area (Å²) < 4.78 is 0. The van der Waals surface area contributed by atoms with Crippen molar-refractivity contribution in [2.24, 2.45) is 0 Å². The third-order valence-corrected chi connectivity index (χ3v) is 3.05. The van der Waals surface area contributed by atoms with Crippen molar-refractivity contribution in [1.29, 1.82) is 0 Å². The first-order chi connectivity index (χ1) is 8.11. The molecule has 0 heterocycles. The monoisotopic (exact) mass is 226 g/mol. The summed E-state index contributed by atoms with van der Waals surface area (Å²) in [6, 6.07) is 12.1. The van der Waals surface area contributed by atoms with Crippen molar-refractivity contribution in [3.8, 4) is 11.1 Å². The van der Waals surface area contributed by atoms with Gasteiger partial charge in [0.15, 0.2) is 0 Å². The lowest BCUT2D eigenvalue weighted by Gasteiger charge is -2.12. The van der Waals surface area contributed by atoms with Gasteiger partial charge in [0.25, 0.3) is 0 Å². The van der Waals surface area contributed by atoms with Gasteiger partial charge in [-0.3, -0.25) is 0 Å². The van der Waals surface area contributed by atoms with Crippen LogP contribution >= 0.6 is 0 Å². The smallest absolute Gasteiger partial charge is 0.0317 e. The maximum absolute atomic E-state index is 5.82. The molecule has 2 aromatic carbocycles. The summed E-state index contributed by atoms with van der Waals surface area (Å²) in [7, 11) is 0. The molecule has 0 atom stereocenters. The molecule has 0 saturated carbocycles. The molecule has 0 fully saturated rings. The molecule has 2 nitrogen and oxygen atoms in total. The van der Waals surface area contributed by atoms with Crippen LogP contribution in [0.2, 0.25) is 0 Å². The molecule has 0 radical (unpaired) electrons. The van der Waals surface area contributed by atoms with Gasteiger partial charge < -0.3 is 11.5 Å². The Bertz CT molecular complexity index is 545. The highest BCUT2D eigenvalue weighted by Gasteiger charge is 2.07. The summed E-state index contributed by atoms with van der Waals surface area (Å²) in [5.41, 5.74) is 18.2. The average Bonchev–Trinajstić information content (AvgIpc) is 2.30. The molecule has 2 aromatic rings. The lowest BCUT2D eigenvalue weighted by atomic mass is 9.94. The Morgan fingerprint density at radius 2 is 1.47 bits per heavy atom. The number of aryl methyl sites for hydroxylation is 2. The van der Waals surface area contributed by atoms with E-state index in [1.807, 2.05) is 24.3 Å². The van der Waals surface area contributed by atoms with Crippen molar-refractivity contribution in [2.45, 2.75) is 20.3 Å². The molecule has 0 amide bonds. The normalized spacial score (nSPS) is 10.5. The van der Waals surface area contributed by atoms with Crippen LogP contribution in [0.15, 0.2) is 36.4 Å². The fourth-order valence-electron chi connectivity index (χ4n) is 2.16. The molecule has 4 N–H and O–H groups in total. The molecule has 0 unspecified atom stereocenters. The maximum Gasteiger partial charge on any atom is 0.0317 e. The minimum atomic E-state index is 0.805. The van der Waals surface area contributed by atoms with Crippen LogP contribution in [0, 0.1) is 6.92 Å². The van der Waals surface area contributed by atoms with Crippen LogP contribution < -0.4 is 11.5 Å². The van der Waals surface area contributed by atoms with E-state index in [9.17, 15) is 0 Å². The lowest BCUT2D eigenvalue weighted by molar-refractivity contribution is 1.14. The summed E-state index contributed by atoms with van der Waals surface area (Å²) in [5.74, 6) is 0. The van der Waals surface area contributed by atoms with Crippen molar-refractivity contribution in [3.05, 3.63) is 47.5 Å². The van der Waals surface area contributed by atoms with Crippen LogP contribution in [0.25, 0.3) is 11.1 Å². The highest BCUT2D eigenvalue weighted by Crippen LogP contribution is 2.29. The molecule has 0 aliphatic carbocycles. The number of nitrogen functional groups attached to an aromatic ring is 2. The number of hydrogen-bond acceptors (Lipinski definition) is 2. The zero-order chi connectivity index (χ0) is 12.4. The summed E-state index contributed by atoms with van der Waals surface area (Å²) in [6.45, 7) is 4.23. The molecular formula is C15H18N2. The Hall–Kier alpha value is -1.96. The van der Waals surface area contributed by atoms with Crippen molar-refractivity contribution < 1.29 is 0 Å². The van der Waals surface area contributed by atoms with Crippen LogP contribution in [-0.2, 0) is 6.42 Å². The molecule has 88 valence electrons. The summed E-state index contributed by atoms with van der Waals surface area (Å²) >= 11 is 0. The van der Waals surface area contributed by atoms with Gasteiger partial charge in [-0.25, -0.2) is 0 Å². The van der Waals surface area contributed by atoms with Gasteiger partial charge in [0.2, 0.25) is 0 Å². The summed E-state index contributed by atoms with van der Waals surface area (Å²) in [5, 5.41) is 0. The average molecular weight is 226 g/mol. The Morgan fingerprint density at radius 3 is 2.06 bits per heavy atom. The molecule has 0 saturated heterocycles. The van der Waals surface area contributed by atoms with Gasteiger partial charge in [0.05, 0.1) is 0 Å². The molecule has 17 heavy (non-hydrogen) atoms. The van der Waals surface area contributed by atoms with E-state index in [0.717, 1.165) is 17.8 Å². The predicted molar refractivity (Wildman–Crippen MR) is 74.8 cm³/mol. The van der Waals surface area contributed by atoms with E-state index in [1.54, 1.807) is 0 Å². The van der Waals surface area contributed by atoms with Gasteiger partial charge in [-0.1, -0.05) is 19.1 Å². The summed E-state index contributed by atoms with van der Waals surface area (Å²) in [4.78, 5) is 0. The Labute approximate surface area is 102 Å². The fourth-order valence-corrected chi connectivity index (χ4v) is 2.16. The minimum Gasteiger partial charge on any atom is -0.399 e. The van der Waals surface area contributed by atoms with Crippen molar-refractivity contribution in [3.63, 3.8) is 0 Å². The van der Waals surface area contributed by atoms with Gasteiger partial charge >= 0.3 is 0 Å². The van der Waals surface area contributed by atoms with Crippen LogP contribution in [0.4, 0.5) is 11.4 Å². The number of benzene rings is 2. The number of anilines is 2. The predicted octanol–water partition coefficient (Wildman–Crippen LogP) is 3.39. The zero-order valence-electron chi connectivity index (χ0n) is 10.3. The first kappa shape index (κ1) is 11.5. The Kier molecular flexibility index (Phi) is 3.05. The van der Waals surface area contributed by atoms with Gasteiger partial charge in [0, 0.05) is 11.4 Å². The van der Waals surface area contributed by atoms with E-state index in [0.29, 0.717) is 0 Å². The molecule has 0 aromatic heterocycles. The lowest BCUT2D eigenvalue weighted by Crippen LogP contribution is -1.94. The maximum atomic E-state index is 5.82. The molecule has 0 aliphatic heterocycles. The number of rotatable bonds is 2.